The molecule has 0 aliphatic carbocycles. The van der Waals surface area contributed by atoms with E-state index in [-0.39, 0.29) is 22.0 Å². The molecule has 0 spiro atoms. The number of carbonyl (C=O) groups excluding carboxylic acids is 2. The van der Waals surface area contributed by atoms with E-state index >= 15 is 0 Å². The fraction of sp³-hybridized carbons (Fsp3) is 0.154. The lowest BCUT2D eigenvalue weighted by atomic mass is 10.2. The summed E-state index contributed by atoms with van der Waals surface area (Å²) < 4.78 is 51.3. The molecule has 1 atom stereocenters. The van der Waals surface area contributed by atoms with Crippen molar-refractivity contribution in [2.24, 2.45) is 0 Å². The molecule has 0 aliphatic rings. The zero-order chi connectivity index (χ0) is 27.0. The van der Waals surface area contributed by atoms with Crippen LogP contribution in [0.25, 0.3) is 6.08 Å². The molecule has 0 saturated heterocycles. The van der Waals surface area contributed by atoms with Crippen LogP contribution < -0.4 is 24.8 Å². The molecule has 194 valence electrons. The summed E-state index contributed by atoms with van der Waals surface area (Å²) in [5.74, 6) is -0.672. The monoisotopic (exact) mass is 527 g/mol. The van der Waals surface area contributed by atoms with E-state index in [1.54, 1.807) is 37.5 Å². The maximum absolute atomic E-state index is 13.2. The van der Waals surface area contributed by atoms with Gasteiger partial charge in [-0.05, 0) is 73.2 Å². The Labute approximate surface area is 214 Å². The molecule has 9 nitrogen and oxygen atoms in total. The molecule has 0 bridgehead atoms. The van der Waals surface area contributed by atoms with E-state index in [0.717, 1.165) is 29.8 Å². The van der Waals surface area contributed by atoms with Gasteiger partial charge >= 0.3 is 0 Å². The predicted octanol–water partition coefficient (Wildman–Crippen LogP) is 3.80. The summed E-state index contributed by atoms with van der Waals surface area (Å²) >= 11 is 0. The van der Waals surface area contributed by atoms with Crippen LogP contribution >= 0.6 is 0 Å². The van der Waals surface area contributed by atoms with Crippen LogP contribution in [0.2, 0.25) is 0 Å². The minimum atomic E-state index is -4.05. The summed E-state index contributed by atoms with van der Waals surface area (Å²) in [4.78, 5) is 24.7. The zero-order valence-corrected chi connectivity index (χ0v) is 21.1. The highest BCUT2D eigenvalue weighted by Gasteiger charge is 2.19. The van der Waals surface area contributed by atoms with Gasteiger partial charge in [-0.1, -0.05) is 12.1 Å². The zero-order valence-electron chi connectivity index (χ0n) is 20.3. The standard InChI is InChI=1S/C26H26FN3O6S/c1-17(28-25(31)15-6-18-4-10-21(35-2)11-5-18)26(32)29-20-9-14-24(36-3)23(16-20)30-37(33,34)22-12-7-19(27)8-13-22/h4-17,30H,1-3H3,(H,28,31)(H,29,32)/b15-6+/t17-/m0/s1. The lowest BCUT2D eigenvalue weighted by Crippen LogP contribution is -2.40. The highest BCUT2D eigenvalue weighted by Crippen LogP contribution is 2.30. The first-order valence-corrected chi connectivity index (χ1v) is 12.5. The van der Waals surface area contributed by atoms with Crippen LogP contribution in [0.15, 0.2) is 77.7 Å². The van der Waals surface area contributed by atoms with E-state index in [4.69, 9.17) is 9.47 Å². The van der Waals surface area contributed by atoms with Crippen LogP contribution in [-0.2, 0) is 19.6 Å². The third-order valence-corrected chi connectivity index (χ3v) is 6.51. The summed E-state index contributed by atoms with van der Waals surface area (Å²) in [6, 6.07) is 14.9. The topological polar surface area (TPSA) is 123 Å². The van der Waals surface area contributed by atoms with E-state index in [9.17, 15) is 22.4 Å². The molecule has 3 rings (SSSR count). The molecule has 0 radical (unpaired) electrons. The second-order valence-corrected chi connectivity index (χ2v) is 9.48. The molecule has 3 N–H and O–H groups in total. The van der Waals surface area contributed by atoms with Gasteiger partial charge in [0.05, 0.1) is 24.8 Å². The lowest BCUT2D eigenvalue weighted by molar-refractivity contribution is -0.123. The van der Waals surface area contributed by atoms with Crippen molar-refractivity contribution in [2.75, 3.05) is 24.3 Å². The number of carbonyl (C=O) groups is 2. The van der Waals surface area contributed by atoms with E-state index in [1.165, 1.54) is 38.3 Å². The van der Waals surface area contributed by atoms with Gasteiger partial charge in [0, 0.05) is 11.8 Å². The number of nitrogens with one attached hydrogen (secondary N) is 3. The third-order valence-electron chi connectivity index (χ3n) is 5.13. The Kier molecular flexibility index (Phi) is 8.86. The minimum Gasteiger partial charge on any atom is -0.497 e. The average molecular weight is 528 g/mol. The second-order valence-electron chi connectivity index (χ2n) is 7.80. The molecule has 3 aromatic rings. The average Bonchev–Trinajstić information content (AvgIpc) is 2.88. The third kappa shape index (κ3) is 7.55. The Morgan fingerprint density at radius 1 is 0.946 bits per heavy atom. The summed E-state index contributed by atoms with van der Waals surface area (Å²) in [6.45, 7) is 1.51. The van der Waals surface area contributed by atoms with Crippen LogP contribution in [0.3, 0.4) is 0 Å². The van der Waals surface area contributed by atoms with Crippen LogP contribution in [0.5, 0.6) is 11.5 Å². The number of amides is 2. The van der Waals surface area contributed by atoms with Gasteiger partial charge in [0.1, 0.15) is 23.4 Å². The van der Waals surface area contributed by atoms with E-state index in [0.29, 0.717) is 5.75 Å². The Balaban J connectivity index is 1.65. The van der Waals surface area contributed by atoms with Crippen molar-refractivity contribution in [2.45, 2.75) is 17.9 Å². The summed E-state index contributed by atoms with van der Waals surface area (Å²) in [5, 5.41) is 5.19. The molecule has 3 aromatic carbocycles. The molecule has 0 aromatic heterocycles. The lowest BCUT2D eigenvalue weighted by Gasteiger charge is -2.16. The highest BCUT2D eigenvalue weighted by molar-refractivity contribution is 7.92. The first-order valence-electron chi connectivity index (χ1n) is 11.0. The smallest absolute Gasteiger partial charge is 0.262 e. The minimum absolute atomic E-state index is 0.0590. The SMILES string of the molecule is COc1ccc(/C=C/C(=O)N[C@@H](C)C(=O)Nc2ccc(OC)c(NS(=O)(=O)c3ccc(F)cc3)c2)cc1. The molecule has 2 amide bonds. The maximum Gasteiger partial charge on any atom is 0.262 e. The van der Waals surface area contributed by atoms with Crippen molar-refractivity contribution in [1.29, 1.82) is 0 Å². The van der Waals surface area contributed by atoms with E-state index in [1.807, 2.05) is 0 Å². The summed E-state index contributed by atoms with van der Waals surface area (Å²) in [6.07, 6.45) is 2.91. The fourth-order valence-corrected chi connectivity index (χ4v) is 4.21. The number of rotatable bonds is 10. The van der Waals surface area contributed by atoms with Gasteiger partial charge in [-0.25, -0.2) is 12.8 Å². The largest absolute Gasteiger partial charge is 0.497 e. The Morgan fingerprint density at radius 2 is 1.62 bits per heavy atom. The molecule has 0 aliphatic heterocycles. The first kappa shape index (κ1) is 27.2. The van der Waals surface area contributed by atoms with Crippen molar-refractivity contribution < 1.29 is 31.9 Å². The Bertz CT molecular complexity index is 1390. The van der Waals surface area contributed by atoms with Gasteiger partial charge < -0.3 is 20.1 Å². The van der Waals surface area contributed by atoms with Crippen LogP contribution in [-0.4, -0.2) is 40.5 Å². The molecule has 11 heteroatoms. The van der Waals surface area contributed by atoms with Crippen molar-refractivity contribution in [3.63, 3.8) is 0 Å². The number of halogens is 1. The Hall–Kier alpha value is -4.38. The van der Waals surface area contributed by atoms with Crippen LogP contribution in [0.4, 0.5) is 15.8 Å². The number of methoxy groups -OCH3 is 2. The fourth-order valence-electron chi connectivity index (χ4n) is 3.15. The van der Waals surface area contributed by atoms with Crippen LogP contribution in [0, 0.1) is 5.82 Å². The molecule has 0 heterocycles. The number of anilines is 2. The van der Waals surface area contributed by atoms with Crippen molar-refractivity contribution in [3.8, 4) is 11.5 Å². The number of sulfonamides is 1. The van der Waals surface area contributed by atoms with E-state index in [2.05, 4.69) is 15.4 Å². The predicted molar refractivity (Wildman–Crippen MR) is 138 cm³/mol. The summed E-state index contributed by atoms with van der Waals surface area (Å²) in [5.41, 5.74) is 1.10. The van der Waals surface area contributed by atoms with Gasteiger partial charge in [-0.3, -0.25) is 14.3 Å². The molecule has 0 fully saturated rings. The van der Waals surface area contributed by atoms with Gasteiger partial charge in [0.15, 0.2) is 0 Å². The Morgan fingerprint density at radius 3 is 2.24 bits per heavy atom. The van der Waals surface area contributed by atoms with Gasteiger partial charge in [0.2, 0.25) is 11.8 Å². The van der Waals surface area contributed by atoms with Gasteiger partial charge in [0.25, 0.3) is 10.0 Å². The molecule has 0 saturated carbocycles. The maximum atomic E-state index is 13.2. The number of hydrogen-bond acceptors (Lipinski definition) is 6. The van der Waals surface area contributed by atoms with Gasteiger partial charge in [-0.2, -0.15) is 0 Å². The van der Waals surface area contributed by atoms with Crippen molar-refractivity contribution in [1.82, 2.24) is 5.32 Å². The highest BCUT2D eigenvalue weighted by atomic mass is 32.2. The first-order chi connectivity index (χ1) is 17.6. The van der Waals surface area contributed by atoms with Crippen LogP contribution in [0.1, 0.15) is 12.5 Å². The number of ether oxygens (including phenoxy) is 2. The number of benzene rings is 3. The van der Waals surface area contributed by atoms with Gasteiger partial charge in [-0.15, -0.1) is 0 Å². The normalized spacial score (nSPS) is 12.0. The quantitative estimate of drug-likeness (QED) is 0.345. The molecular weight excluding hydrogens is 501 g/mol. The molecular formula is C26H26FN3O6S. The number of hydrogen-bond donors (Lipinski definition) is 3. The molecule has 0 unspecified atom stereocenters. The second kappa shape index (κ2) is 12.0. The molecule has 37 heavy (non-hydrogen) atoms. The van der Waals surface area contributed by atoms with Crippen molar-refractivity contribution in [3.05, 3.63) is 84.2 Å². The van der Waals surface area contributed by atoms with Crippen molar-refractivity contribution >= 4 is 39.3 Å². The summed E-state index contributed by atoms with van der Waals surface area (Å²) in [7, 11) is -1.13. The van der Waals surface area contributed by atoms with E-state index < -0.39 is 33.7 Å².